The van der Waals surface area contributed by atoms with Gasteiger partial charge in [-0.1, -0.05) is 29.1 Å². The van der Waals surface area contributed by atoms with Gasteiger partial charge in [0.2, 0.25) is 5.76 Å². The number of hydrogen-bond donors (Lipinski definition) is 2. The predicted octanol–water partition coefficient (Wildman–Crippen LogP) is 1.26. The molecule has 2 N–H and O–H groups in total. The average molecular weight is 270 g/mol. The van der Waals surface area contributed by atoms with E-state index >= 15 is 0 Å². The number of aliphatic hydroxyl groups excluding tert-OH is 1. The van der Waals surface area contributed by atoms with Crippen molar-refractivity contribution in [1.29, 1.82) is 0 Å². The molecule has 0 spiro atoms. The summed E-state index contributed by atoms with van der Waals surface area (Å²) in [7, 11) is 0. The van der Waals surface area contributed by atoms with Crippen LogP contribution in [0.1, 0.15) is 27.2 Å². The Morgan fingerprint density at radius 2 is 2.15 bits per heavy atom. The van der Waals surface area contributed by atoms with Gasteiger partial charge in [-0.05, 0) is 24.6 Å². The zero-order valence-electron chi connectivity index (χ0n) is 11.0. The Kier molecular flexibility index (Phi) is 4.53. The number of aryl methyl sites for hydroxylation is 1. The van der Waals surface area contributed by atoms with Crippen LogP contribution in [0.2, 0.25) is 0 Å². The first-order valence-corrected chi connectivity index (χ1v) is 6.09. The van der Waals surface area contributed by atoms with Crippen molar-refractivity contribution >= 4 is 5.91 Å². The molecule has 1 heterocycles. The number of hydrogen-bond acceptors (Lipinski definition) is 4. The number of benzene rings is 1. The normalized spacial score (nSPS) is 9.70. The van der Waals surface area contributed by atoms with Gasteiger partial charge in [-0.15, -0.1) is 0 Å². The molecule has 5 heteroatoms. The summed E-state index contributed by atoms with van der Waals surface area (Å²) in [6, 6.07) is 7.41. The number of nitrogens with one attached hydrogen (secondary N) is 1. The van der Waals surface area contributed by atoms with E-state index in [0.29, 0.717) is 12.1 Å². The fourth-order valence-electron chi connectivity index (χ4n) is 1.62. The molecular weight excluding hydrogens is 256 g/mol. The van der Waals surface area contributed by atoms with Crippen molar-refractivity contribution < 1.29 is 14.4 Å². The fourth-order valence-corrected chi connectivity index (χ4v) is 1.62. The second-order valence-electron chi connectivity index (χ2n) is 4.18. The third kappa shape index (κ3) is 3.46. The highest BCUT2D eigenvalue weighted by Gasteiger charge is 2.13. The van der Waals surface area contributed by atoms with Gasteiger partial charge in [0, 0.05) is 17.7 Å². The molecule has 0 saturated heterocycles. The Hall–Kier alpha value is -2.58. The van der Waals surface area contributed by atoms with E-state index in [-0.39, 0.29) is 18.3 Å². The van der Waals surface area contributed by atoms with Crippen molar-refractivity contribution in [3.05, 3.63) is 52.9 Å². The highest BCUT2D eigenvalue weighted by Crippen LogP contribution is 2.07. The molecule has 20 heavy (non-hydrogen) atoms. The molecule has 1 aromatic carbocycles. The smallest absolute Gasteiger partial charge is 0.290 e. The molecule has 102 valence electrons. The molecule has 2 rings (SSSR count). The fraction of sp³-hybridized carbons (Fsp3) is 0.200. The van der Waals surface area contributed by atoms with Gasteiger partial charge in [0.15, 0.2) is 0 Å². The van der Waals surface area contributed by atoms with Gasteiger partial charge in [-0.25, -0.2) is 0 Å². The SMILES string of the molecule is Cc1cnoc1C(=O)NCc1ccc(C#CCO)cc1. The minimum Gasteiger partial charge on any atom is -0.384 e. The molecule has 0 saturated carbocycles. The lowest BCUT2D eigenvalue weighted by Crippen LogP contribution is -2.22. The second-order valence-corrected chi connectivity index (χ2v) is 4.18. The number of rotatable bonds is 3. The maximum absolute atomic E-state index is 11.8. The Bertz CT molecular complexity index is 648. The lowest BCUT2D eigenvalue weighted by atomic mass is 10.1. The van der Waals surface area contributed by atoms with Crippen molar-refractivity contribution in [3.8, 4) is 11.8 Å². The second kappa shape index (κ2) is 6.55. The molecule has 1 amide bonds. The number of carbonyl (C=O) groups is 1. The molecule has 0 bridgehead atoms. The van der Waals surface area contributed by atoms with Gasteiger partial charge in [0.25, 0.3) is 5.91 Å². The highest BCUT2D eigenvalue weighted by atomic mass is 16.5. The van der Waals surface area contributed by atoms with Crippen LogP contribution in [0.4, 0.5) is 0 Å². The number of amides is 1. The van der Waals surface area contributed by atoms with Gasteiger partial charge in [-0.2, -0.15) is 0 Å². The largest absolute Gasteiger partial charge is 0.384 e. The topological polar surface area (TPSA) is 75.4 Å². The van der Waals surface area contributed by atoms with Crippen LogP contribution in [0, 0.1) is 18.8 Å². The molecule has 1 aromatic heterocycles. The maximum Gasteiger partial charge on any atom is 0.290 e. The number of aromatic nitrogens is 1. The standard InChI is InChI=1S/C15H14N2O3/c1-11-9-17-20-14(11)15(19)16-10-13-6-4-12(5-7-13)3-2-8-18/h4-7,9,18H,8,10H2,1H3,(H,16,19). The van der Waals surface area contributed by atoms with Crippen LogP contribution in [0.3, 0.4) is 0 Å². The summed E-state index contributed by atoms with van der Waals surface area (Å²) >= 11 is 0. The molecule has 0 radical (unpaired) electrons. The highest BCUT2D eigenvalue weighted by molar-refractivity contribution is 5.92. The van der Waals surface area contributed by atoms with E-state index in [9.17, 15) is 4.79 Å². The molecule has 2 aromatic rings. The lowest BCUT2D eigenvalue weighted by Gasteiger charge is -2.03. The van der Waals surface area contributed by atoms with E-state index < -0.39 is 0 Å². The summed E-state index contributed by atoms with van der Waals surface area (Å²) < 4.78 is 4.87. The van der Waals surface area contributed by atoms with E-state index in [1.54, 1.807) is 6.92 Å². The van der Waals surface area contributed by atoms with E-state index in [0.717, 1.165) is 11.1 Å². The van der Waals surface area contributed by atoms with Crippen LogP contribution in [-0.4, -0.2) is 22.8 Å². The maximum atomic E-state index is 11.8. The Labute approximate surface area is 116 Å². The van der Waals surface area contributed by atoms with E-state index in [4.69, 9.17) is 9.63 Å². The van der Waals surface area contributed by atoms with Crippen LogP contribution >= 0.6 is 0 Å². The van der Waals surface area contributed by atoms with Gasteiger partial charge in [-0.3, -0.25) is 4.79 Å². The van der Waals surface area contributed by atoms with Crippen LogP contribution in [0.15, 0.2) is 35.0 Å². The first-order valence-electron chi connectivity index (χ1n) is 6.09. The van der Waals surface area contributed by atoms with Crippen LogP contribution in [-0.2, 0) is 6.54 Å². The van der Waals surface area contributed by atoms with Gasteiger partial charge in [0.05, 0.1) is 6.20 Å². The van der Waals surface area contributed by atoms with Gasteiger partial charge < -0.3 is 14.9 Å². The number of aliphatic hydroxyl groups is 1. The summed E-state index contributed by atoms with van der Waals surface area (Å²) in [5, 5.41) is 14.9. The number of nitrogens with zero attached hydrogens (tertiary/aromatic N) is 1. The summed E-state index contributed by atoms with van der Waals surface area (Å²) in [5.41, 5.74) is 2.47. The average Bonchev–Trinajstić information content (AvgIpc) is 2.90. The summed E-state index contributed by atoms with van der Waals surface area (Å²) in [5.74, 6) is 5.33. The Morgan fingerprint density at radius 1 is 1.40 bits per heavy atom. The van der Waals surface area contributed by atoms with E-state index in [1.807, 2.05) is 24.3 Å². The van der Waals surface area contributed by atoms with Crippen molar-refractivity contribution in [2.75, 3.05) is 6.61 Å². The van der Waals surface area contributed by atoms with Crippen LogP contribution in [0.25, 0.3) is 0 Å². The van der Waals surface area contributed by atoms with Crippen LogP contribution in [0.5, 0.6) is 0 Å². The van der Waals surface area contributed by atoms with Crippen molar-refractivity contribution in [2.24, 2.45) is 0 Å². The third-order valence-corrected chi connectivity index (χ3v) is 2.67. The number of carbonyl (C=O) groups excluding carboxylic acids is 1. The predicted molar refractivity (Wildman–Crippen MR) is 72.8 cm³/mol. The van der Waals surface area contributed by atoms with E-state index in [2.05, 4.69) is 22.3 Å². The van der Waals surface area contributed by atoms with Crippen molar-refractivity contribution in [3.63, 3.8) is 0 Å². The zero-order chi connectivity index (χ0) is 14.4. The molecule has 0 atom stereocenters. The minimum absolute atomic E-state index is 0.158. The molecule has 0 aliphatic heterocycles. The Morgan fingerprint density at radius 3 is 2.75 bits per heavy atom. The lowest BCUT2D eigenvalue weighted by molar-refractivity contribution is 0.0913. The first-order chi connectivity index (χ1) is 9.70. The minimum atomic E-state index is -0.288. The molecule has 0 aliphatic carbocycles. The van der Waals surface area contributed by atoms with Gasteiger partial charge in [0.1, 0.15) is 6.61 Å². The van der Waals surface area contributed by atoms with Crippen molar-refractivity contribution in [1.82, 2.24) is 10.5 Å². The molecule has 0 fully saturated rings. The van der Waals surface area contributed by atoms with Crippen molar-refractivity contribution in [2.45, 2.75) is 13.5 Å². The van der Waals surface area contributed by atoms with Gasteiger partial charge >= 0.3 is 0 Å². The first kappa shape index (κ1) is 13.8. The molecule has 0 aliphatic rings. The quantitative estimate of drug-likeness (QED) is 0.823. The van der Waals surface area contributed by atoms with E-state index in [1.165, 1.54) is 6.20 Å². The summed E-state index contributed by atoms with van der Waals surface area (Å²) in [4.78, 5) is 11.8. The zero-order valence-corrected chi connectivity index (χ0v) is 11.0. The monoisotopic (exact) mass is 270 g/mol. The van der Waals surface area contributed by atoms with Crippen LogP contribution < -0.4 is 5.32 Å². The summed E-state index contributed by atoms with van der Waals surface area (Å²) in [6.07, 6.45) is 1.50. The molecular formula is C15H14N2O3. The Balaban J connectivity index is 1.94. The third-order valence-electron chi connectivity index (χ3n) is 2.67. The summed E-state index contributed by atoms with van der Waals surface area (Å²) in [6.45, 7) is 2.00. The molecule has 5 nitrogen and oxygen atoms in total. The molecule has 0 unspecified atom stereocenters.